The minimum atomic E-state index is 0.700. The first-order valence-electron chi connectivity index (χ1n) is 5.77. The monoisotopic (exact) mass is 228 g/mol. The molecule has 1 aromatic carbocycles. The van der Waals surface area contributed by atoms with Gasteiger partial charge in [0.25, 0.3) is 0 Å². The van der Waals surface area contributed by atoms with E-state index in [9.17, 15) is 0 Å². The first-order chi connectivity index (χ1) is 8.45. The fourth-order valence-corrected chi connectivity index (χ4v) is 1.48. The number of nitrogens with zero attached hydrogens (tertiary/aromatic N) is 1. The summed E-state index contributed by atoms with van der Waals surface area (Å²) in [6, 6.07) is 14.0. The second kappa shape index (κ2) is 6.53. The summed E-state index contributed by atoms with van der Waals surface area (Å²) in [4.78, 5) is 3.99. The van der Waals surface area contributed by atoms with Gasteiger partial charge in [-0.1, -0.05) is 18.2 Å². The molecule has 0 aliphatic carbocycles. The lowest BCUT2D eigenvalue weighted by molar-refractivity contribution is 0.314. The van der Waals surface area contributed by atoms with Crippen molar-refractivity contribution in [2.24, 2.45) is 0 Å². The summed E-state index contributed by atoms with van der Waals surface area (Å²) in [6.07, 6.45) is 4.43. The van der Waals surface area contributed by atoms with E-state index in [-0.39, 0.29) is 0 Å². The van der Waals surface area contributed by atoms with E-state index in [0.717, 1.165) is 24.4 Å². The molecular weight excluding hydrogens is 212 g/mol. The molecule has 0 fully saturated rings. The summed E-state index contributed by atoms with van der Waals surface area (Å²) in [6.45, 7) is 1.61. The predicted molar refractivity (Wildman–Crippen MR) is 69.3 cm³/mol. The zero-order chi connectivity index (χ0) is 11.8. The maximum atomic E-state index is 5.54. The molecule has 0 unspecified atom stereocenters. The molecule has 88 valence electrons. The van der Waals surface area contributed by atoms with Gasteiger partial charge in [0.05, 0.1) is 12.8 Å². The van der Waals surface area contributed by atoms with Crippen LogP contribution >= 0.6 is 0 Å². The molecule has 1 heterocycles. The largest absolute Gasteiger partial charge is 0.492 e. The van der Waals surface area contributed by atoms with Gasteiger partial charge in [0.15, 0.2) is 0 Å². The molecule has 2 aromatic rings. The average molecular weight is 228 g/mol. The number of aromatic nitrogens is 1. The molecule has 1 aromatic heterocycles. The van der Waals surface area contributed by atoms with E-state index in [2.05, 4.69) is 22.4 Å². The lowest BCUT2D eigenvalue weighted by atomic mass is 10.3. The molecule has 0 bridgehead atoms. The molecule has 0 radical (unpaired) electrons. The van der Waals surface area contributed by atoms with Crippen molar-refractivity contribution in [3.8, 4) is 5.75 Å². The number of anilines is 1. The lowest BCUT2D eigenvalue weighted by Gasteiger charge is -2.07. The van der Waals surface area contributed by atoms with Gasteiger partial charge in [-0.15, -0.1) is 0 Å². The van der Waals surface area contributed by atoms with Crippen LogP contribution in [0.25, 0.3) is 0 Å². The van der Waals surface area contributed by atoms with Gasteiger partial charge in [0.2, 0.25) is 0 Å². The van der Waals surface area contributed by atoms with Gasteiger partial charge in [-0.3, -0.25) is 4.98 Å². The number of ether oxygens (including phenoxy) is 1. The van der Waals surface area contributed by atoms with Gasteiger partial charge in [-0.25, -0.2) is 0 Å². The third kappa shape index (κ3) is 4.15. The van der Waals surface area contributed by atoms with Gasteiger partial charge in [0.1, 0.15) is 5.75 Å². The highest BCUT2D eigenvalue weighted by molar-refractivity contribution is 5.42. The number of pyridine rings is 1. The van der Waals surface area contributed by atoms with Gasteiger partial charge in [0, 0.05) is 18.4 Å². The normalized spacial score (nSPS) is 9.88. The number of hydrogen-bond donors (Lipinski definition) is 1. The molecule has 3 nitrogen and oxygen atoms in total. The summed E-state index contributed by atoms with van der Waals surface area (Å²) in [5.41, 5.74) is 1.15. The van der Waals surface area contributed by atoms with Crippen LogP contribution in [-0.4, -0.2) is 18.1 Å². The number of nitrogens with one attached hydrogen (secondary N) is 1. The Balaban J connectivity index is 1.61. The molecule has 17 heavy (non-hydrogen) atoms. The molecular formula is C14H16N2O. The number of benzene rings is 1. The molecule has 2 rings (SSSR count). The van der Waals surface area contributed by atoms with Crippen molar-refractivity contribution in [3.05, 3.63) is 54.9 Å². The molecule has 0 amide bonds. The maximum Gasteiger partial charge on any atom is 0.137 e. The first kappa shape index (κ1) is 11.5. The van der Waals surface area contributed by atoms with Crippen molar-refractivity contribution in [2.75, 3.05) is 18.5 Å². The Morgan fingerprint density at radius 2 is 1.94 bits per heavy atom. The van der Waals surface area contributed by atoms with Crippen LogP contribution < -0.4 is 10.1 Å². The number of para-hydroxylation sites is 1. The van der Waals surface area contributed by atoms with Crippen LogP contribution in [0.15, 0.2) is 54.9 Å². The van der Waals surface area contributed by atoms with Crippen LogP contribution in [0.5, 0.6) is 5.75 Å². The highest BCUT2D eigenvalue weighted by Crippen LogP contribution is 2.07. The fraction of sp³-hybridized carbons (Fsp3) is 0.214. The molecule has 3 heteroatoms. The van der Waals surface area contributed by atoms with Crippen LogP contribution in [0.2, 0.25) is 0 Å². The Kier molecular flexibility index (Phi) is 4.40. The maximum absolute atomic E-state index is 5.54. The summed E-state index contributed by atoms with van der Waals surface area (Å²) in [5.74, 6) is 0.826. The van der Waals surface area contributed by atoms with Crippen molar-refractivity contribution in [2.45, 2.75) is 6.42 Å². The summed E-state index contributed by atoms with van der Waals surface area (Å²) in [5, 5.41) is 3.34. The van der Waals surface area contributed by atoms with Crippen LogP contribution in [0.4, 0.5) is 5.69 Å². The summed E-state index contributed by atoms with van der Waals surface area (Å²) >= 11 is 0. The fourth-order valence-electron chi connectivity index (χ4n) is 1.48. The molecule has 0 saturated heterocycles. The van der Waals surface area contributed by atoms with E-state index in [1.165, 1.54) is 0 Å². The summed E-state index contributed by atoms with van der Waals surface area (Å²) < 4.78 is 5.54. The molecule has 1 N–H and O–H groups in total. The van der Waals surface area contributed by atoms with Crippen molar-refractivity contribution < 1.29 is 4.74 Å². The average Bonchev–Trinajstić information content (AvgIpc) is 2.41. The van der Waals surface area contributed by atoms with Crippen molar-refractivity contribution in [3.63, 3.8) is 0 Å². The molecule has 0 spiro atoms. The zero-order valence-electron chi connectivity index (χ0n) is 9.67. The van der Waals surface area contributed by atoms with Crippen LogP contribution in [0.3, 0.4) is 0 Å². The van der Waals surface area contributed by atoms with E-state index in [4.69, 9.17) is 4.74 Å². The number of hydrogen-bond acceptors (Lipinski definition) is 3. The van der Waals surface area contributed by atoms with Crippen molar-refractivity contribution in [1.82, 2.24) is 4.98 Å². The highest BCUT2D eigenvalue weighted by atomic mass is 16.5. The van der Waals surface area contributed by atoms with Gasteiger partial charge < -0.3 is 10.1 Å². The smallest absolute Gasteiger partial charge is 0.137 e. The Morgan fingerprint density at radius 1 is 1.06 bits per heavy atom. The Labute approximate surface area is 101 Å². The Morgan fingerprint density at radius 3 is 2.71 bits per heavy atom. The highest BCUT2D eigenvalue weighted by Gasteiger charge is 1.93. The van der Waals surface area contributed by atoms with E-state index in [0.29, 0.717) is 6.61 Å². The van der Waals surface area contributed by atoms with Gasteiger partial charge >= 0.3 is 0 Å². The topological polar surface area (TPSA) is 34.1 Å². The Bertz CT molecular complexity index is 375. The van der Waals surface area contributed by atoms with Gasteiger partial charge in [-0.2, -0.15) is 0 Å². The quantitative estimate of drug-likeness (QED) is 0.772. The third-order valence-corrected chi connectivity index (χ3v) is 2.33. The van der Waals surface area contributed by atoms with Crippen molar-refractivity contribution >= 4 is 5.69 Å². The van der Waals surface area contributed by atoms with Crippen LogP contribution in [0.1, 0.15) is 6.42 Å². The second-order valence-corrected chi connectivity index (χ2v) is 3.68. The minimum Gasteiger partial charge on any atom is -0.492 e. The Hall–Kier alpha value is -2.03. The van der Waals surface area contributed by atoms with Gasteiger partial charge in [-0.05, 0) is 30.7 Å². The lowest BCUT2D eigenvalue weighted by Crippen LogP contribution is -2.07. The van der Waals surface area contributed by atoms with E-state index in [1.807, 2.05) is 30.3 Å². The molecule has 0 aliphatic heterocycles. The molecule has 0 aliphatic rings. The van der Waals surface area contributed by atoms with Crippen molar-refractivity contribution in [1.29, 1.82) is 0 Å². The van der Waals surface area contributed by atoms with E-state index >= 15 is 0 Å². The first-order valence-corrected chi connectivity index (χ1v) is 5.77. The molecule has 0 atom stereocenters. The zero-order valence-corrected chi connectivity index (χ0v) is 9.67. The minimum absolute atomic E-state index is 0.700. The third-order valence-electron chi connectivity index (χ3n) is 2.33. The van der Waals surface area contributed by atoms with E-state index < -0.39 is 0 Å². The molecule has 0 saturated carbocycles. The van der Waals surface area contributed by atoms with Crippen LogP contribution in [-0.2, 0) is 0 Å². The number of rotatable bonds is 6. The summed E-state index contributed by atoms with van der Waals surface area (Å²) in [7, 11) is 0. The SMILES string of the molecule is c1ccc(NCCCOc2cccnc2)cc1. The van der Waals surface area contributed by atoms with E-state index in [1.54, 1.807) is 12.4 Å². The second-order valence-electron chi connectivity index (χ2n) is 3.68. The standard InChI is InChI=1S/C14H16N2O/c1-2-6-13(7-3-1)16-10-5-11-17-14-8-4-9-15-12-14/h1-4,6-9,12,16H,5,10-11H2. The van der Waals surface area contributed by atoms with Crippen LogP contribution in [0, 0.1) is 0 Å². The predicted octanol–water partition coefficient (Wildman–Crippen LogP) is 2.96.